The van der Waals surface area contributed by atoms with Gasteiger partial charge in [0.15, 0.2) is 6.29 Å². The van der Waals surface area contributed by atoms with Crippen LogP contribution in [0, 0.1) is 0 Å². The number of carbonyl (C=O) groups excluding carboxylic acids is 1. The topological polar surface area (TPSA) is 150 Å². The van der Waals surface area contributed by atoms with Gasteiger partial charge in [0, 0.05) is 0 Å². The third-order valence-corrected chi connectivity index (χ3v) is 1.42. The average Bonchev–Trinajstić information content (AvgIpc) is 2.12. The molecule has 7 N–H and O–H groups in total. The van der Waals surface area contributed by atoms with Gasteiger partial charge in [0.25, 0.3) is 0 Å². The first-order valence-electron chi connectivity index (χ1n) is 3.33. The summed E-state index contributed by atoms with van der Waals surface area (Å²) in [4.78, 5) is 9.90. The summed E-state index contributed by atoms with van der Waals surface area (Å²) in [7, 11) is 0. The molecule has 7 nitrogen and oxygen atoms in total. The van der Waals surface area contributed by atoms with Crippen molar-refractivity contribution in [3.8, 4) is 0 Å². The molecule has 0 aliphatic carbocycles. The molecule has 0 aliphatic heterocycles. The van der Waals surface area contributed by atoms with E-state index < -0.39 is 31.0 Å². The van der Waals surface area contributed by atoms with Crippen LogP contribution >= 0.6 is 0 Å². The third-order valence-electron chi connectivity index (χ3n) is 1.42. The Bertz CT molecular complexity index is 144. The van der Waals surface area contributed by atoms with E-state index in [9.17, 15) is 4.79 Å². The van der Waals surface area contributed by atoms with Gasteiger partial charge in [-0.05, 0) is 0 Å². The summed E-state index contributed by atoms with van der Waals surface area (Å²) in [5, 5.41) is 43.5. The first kappa shape index (κ1) is 20.1. The summed E-state index contributed by atoms with van der Waals surface area (Å²) in [5.74, 6) is 0. The molecule has 0 heterocycles. The number of aliphatic hydroxyl groups is 5. The Balaban J connectivity index is -0.000000605. The van der Waals surface area contributed by atoms with Crippen molar-refractivity contribution in [2.24, 2.45) is 0 Å². The minimum absolute atomic E-state index is 0. The van der Waals surface area contributed by atoms with Crippen LogP contribution in [0.3, 0.4) is 0 Å². The van der Waals surface area contributed by atoms with E-state index in [-0.39, 0.29) is 49.5 Å². The van der Waals surface area contributed by atoms with Gasteiger partial charge in [0.2, 0.25) is 0 Å². The molecule has 4 unspecified atom stereocenters. The van der Waals surface area contributed by atoms with Crippen molar-refractivity contribution >= 4 is 44.0 Å². The monoisotopic (exact) mass is 240 g/mol. The molecule has 0 saturated heterocycles. The molecule has 4 atom stereocenters. The predicted octanol–water partition coefficient (Wildman–Crippen LogP) is -5.12. The molecule has 0 rings (SSSR count). The summed E-state index contributed by atoms with van der Waals surface area (Å²) in [6.45, 7) is -0.760. The summed E-state index contributed by atoms with van der Waals surface area (Å²) in [6, 6.07) is 0. The minimum atomic E-state index is -1.79. The van der Waals surface area contributed by atoms with Gasteiger partial charge in [-0.25, -0.2) is 0 Å². The Morgan fingerprint density at radius 1 is 1.07 bits per heavy atom. The van der Waals surface area contributed by atoms with Crippen LogP contribution < -0.4 is 0 Å². The van der Waals surface area contributed by atoms with Crippen molar-refractivity contribution in [3.05, 3.63) is 0 Å². The fourth-order valence-corrected chi connectivity index (χ4v) is 0.618. The van der Waals surface area contributed by atoms with Gasteiger partial charge in [-0.1, -0.05) is 0 Å². The van der Waals surface area contributed by atoms with Gasteiger partial charge in [0.1, 0.15) is 24.4 Å². The molecule has 0 saturated carbocycles. The molecule has 84 valence electrons. The Labute approximate surface area is 110 Å². The van der Waals surface area contributed by atoms with E-state index >= 15 is 0 Å². The molecular weight excluding hydrogens is 224 g/mol. The molecule has 0 bridgehead atoms. The fraction of sp³-hybridized carbons (Fsp3) is 0.833. The zero-order chi connectivity index (χ0) is 9.72. The zero-order valence-electron chi connectivity index (χ0n) is 6.74. The van der Waals surface area contributed by atoms with Crippen molar-refractivity contribution in [2.75, 3.05) is 6.61 Å². The van der Waals surface area contributed by atoms with E-state index in [1.165, 1.54) is 0 Å². The van der Waals surface area contributed by atoms with Crippen molar-refractivity contribution < 1.29 is 35.8 Å². The number of hydrogen-bond acceptors (Lipinski definition) is 6. The second-order valence-electron chi connectivity index (χ2n) is 2.36. The van der Waals surface area contributed by atoms with Gasteiger partial charge >= 0.3 is 37.7 Å². The maximum atomic E-state index is 9.90. The first-order valence-corrected chi connectivity index (χ1v) is 3.33. The summed E-state index contributed by atoms with van der Waals surface area (Å²) >= 11 is 0. The number of hydrogen-bond donors (Lipinski definition) is 5. The molecule has 0 spiro atoms. The van der Waals surface area contributed by atoms with Crippen molar-refractivity contribution in [2.45, 2.75) is 24.4 Å². The number of aliphatic hydroxyl groups excluding tert-OH is 5. The Morgan fingerprint density at radius 3 is 1.79 bits per heavy atom. The van der Waals surface area contributed by atoms with Crippen LogP contribution in [0.25, 0.3) is 0 Å². The van der Waals surface area contributed by atoms with E-state index in [2.05, 4.69) is 0 Å². The van der Waals surface area contributed by atoms with E-state index in [1.54, 1.807) is 0 Å². The van der Waals surface area contributed by atoms with Crippen LogP contribution in [0.15, 0.2) is 0 Å². The summed E-state index contributed by atoms with van der Waals surface area (Å²) in [5.41, 5.74) is 0. The van der Waals surface area contributed by atoms with Crippen LogP contribution in [0.5, 0.6) is 0 Å². The Hall–Kier alpha value is 0.690. The zero-order valence-corrected chi connectivity index (χ0v) is 6.74. The van der Waals surface area contributed by atoms with Crippen LogP contribution in [0.2, 0.25) is 0 Å². The standard InChI is InChI=1S/C6H12O6.Ca.H2O.2H/c7-1-3(9)5(11)6(12)4(10)2-8;;;;/h1,3-6,8-12H,2H2;;1H2;;. The van der Waals surface area contributed by atoms with Gasteiger partial charge in [-0.2, -0.15) is 0 Å². The normalized spacial score (nSPS) is 18.1. The third kappa shape index (κ3) is 6.23. The molecule has 0 aliphatic rings. The maximum absolute atomic E-state index is 9.90. The molecule has 14 heavy (non-hydrogen) atoms. The second kappa shape index (κ2) is 10.2. The quantitative estimate of drug-likeness (QED) is 0.239. The second-order valence-corrected chi connectivity index (χ2v) is 2.36. The molecule has 0 aromatic rings. The van der Waals surface area contributed by atoms with Gasteiger partial charge < -0.3 is 35.8 Å². The average molecular weight is 240 g/mol. The van der Waals surface area contributed by atoms with E-state index in [0.717, 1.165) is 0 Å². The van der Waals surface area contributed by atoms with Gasteiger partial charge in [-0.15, -0.1) is 0 Å². The molecular formula is C6H16CaO7. The SMILES string of the molecule is O.O=CC(O)C(O)C(O)C(O)CO.[CaH2]. The van der Waals surface area contributed by atoms with Crippen molar-refractivity contribution in [1.82, 2.24) is 0 Å². The molecule has 0 aromatic carbocycles. The number of aldehydes is 1. The van der Waals surface area contributed by atoms with Gasteiger partial charge in [-0.3, -0.25) is 0 Å². The summed E-state index contributed by atoms with van der Waals surface area (Å²) < 4.78 is 0. The first-order chi connectivity index (χ1) is 5.54. The van der Waals surface area contributed by atoms with Crippen LogP contribution in [0.1, 0.15) is 0 Å². The van der Waals surface area contributed by atoms with Crippen molar-refractivity contribution in [3.63, 3.8) is 0 Å². The van der Waals surface area contributed by atoms with E-state index in [1.807, 2.05) is 0 Å². The van der Waals surface area contributed by atoms with Crippen LogP contribution in [-0.4, -0.2) is 106 Å². The van der Waals surface area contributed by atoms with E-state index in [4.69, 9.17) is 25.5 Å². The molecule has 0 amide bonds. The van der Waals surface area contributed by atoms with Crippen LogP contribution in [-0.2, 0) is 4.79 Å². The molecule has 0 aromatic heterocycles. The predicted molar refractivity (Wildman–Crippen MR) is 49.3 cm³/mol. The fourth-order valence-electron chi connectivity index (χ4n) is 0.618. The molecule has 0 fully saturated rings. The molecule has 0 radical (unpaired) electrons. The Morgan fingerprint density at radius 2 is 1.50 bits per heavy atom. The molecule has 8 heteroatoms. The number of carbonyl (C=O) groups is 1. The van der Waals surface area contributed by atoms with E-state index in [0.29, 0.717) is 0 Å². The Kier molecular flexibility index (Phi) is 14.7. The van der Waals surface area contributed by atoms with Crippen LogP contribution in [0.4, 0.5) is 0 Å². The summed E-state index contributed by atoms with van der Waals surface area (Å²) in [6.07, 6.45) is -6.84. The number of rotatable bonds is 5. The van der Waals surface area contributed by atoms with Crippen molar-refractivity contribution in [1.29, 1.82) is 0 Å². The van der Waals surface area contributed by atoms with Gasteiger partial charge in [0.05, 0.1) is 6.61 Å².